The third-order valence-electron chi connectivity index (χ3n) is 2.61. The normalized spacial score (nSPS) is 10.3. The second-order valence-electron chi connectivity index (χ2n) is 4.17. The van der Waals surface area contributed by atoms with E-state index in [4.69, 9.17) is 4.74 Å². The highest BCUT2D eigenvalue weighted by Gasteiger charge is 2.10. The number of methoxy groups -OCH3 is 1. The summed E-state index contributed by atoms with van der Waals surface area (Å²) in [5.74, 6) is 0.480. The maximum Gasteiger partial charge on any atom is 0.216 e. The van der Waals surface area contributed by atoms with Gasteiger partial charge in [-0.3, -0.25) is 4.79 Å². The third kappa shape index (κ3) is 3.61. The Balaban J connectivity index is 2.20. The molecular formula is C14H13BrN2O2. The van der Waals surface area contributed by atoms with Gasteiger partial charge in [0.1, 0.15) is 6.33 Å². The van der Waals surface area contributed by atoms with Crippen molar-refractivity contribution in [3.63, 3.8) is 0 Å². The van der Waals surface area contributed by atoms with Crippen molar-refractivity contribution in [3.05, 3.63) is 51.9 Å². The van der Waals surface area contributed by atoms with Crippen LogP contribution in [0.1, 0.15) is 21.6 Å². The second kappa shape index (κ2) is 5.93. The molecule has 0 aliphatic carbocycles. The fraction of sp³-hybridized carbons (Fsp3) is 0.214. The highest BCUT2D eigenvalue weighted by molar-refractivity contribution is 9.10. The van der Waals surface area contributed by atoms with Gasteiger partial charge >= 0.3 is 0 Å². The summed E-state index contributed by atoms with van der Waals surface area (Å²) in [7, 11) is 1.53. The molecule has 0 N–H and O–H groups in total. The summed E-state index contributed by atoms with van der Waals surface area (Å²) in [5, 5.41) is 0. The van der Waals surface area contributed by atoms with Gasteiger partial charge in [0, 0.05) is 16.1 Å². The summed E-state index contributed by atoms with van der Waals surface area (Å²) in [6, 6.07) is 7.31. The fourth-order valence-corrected chi connectivity index (χ4v) is 2.36. The molecule has 0 unspecified atom stereocenters. The quantitative estimate of drug-likeness (QED) is 0.813. The van der Waals surface area contributed by atoms with E-state index in [0.29, 0.717) is 17.1 Å². The molecule has 0 bridgehead atoms. The number of ketones is 1. The molecule has 2 aromatic rings. The second-order valence-corrected chi connectivity index (χ2v) is 5.08. The lowest BCUT2D eigenvalue weighted by Gasteiger charge is -2.04. The van der Waals surface area contributed by atoms with E-state index in [2.05, 4.69) is 25.9 Å². The standard InChI is InChI=1S/C14H13BrN2O2/c1-9-3-10(5-11(15)4-9)13(18)6-12-7-14(19-2)17-8-16-12/h3-5,7-8H,6H2,1-2H3. The Morgan fingerprint density at radius 2 is 2.05 bits per heavy atom. The lowest BCUT2D eigenvalue weighted by molar-refractivity contribution is 0.0991. The molecule has 0 amide bonds. The minimum absolute atomic E-state index is 0.0187. The highest BCUT2D eigenvalue weighted by Crippen LogP contribution is 2.17. The van der Waals surface area contributed by atoms with Crippen molar-refractivity contribution in [1.29, 1.82) is 0 Å². The van der Waals surface area contributed by atoms with Crippen LogP contribution in [-0.4, -0.2) is 22.9 Å². The lowest BCUT2D eigenvalue weighted by Crippen LogP contribution is -2.06. The Hall–Kier alpha value is -1.75. The molecule has 4 nitrogen and oxygen atoms in total. The molecule has 1 aromatic heterocycles. The first-order valence-corrected chi connectivity index (χ1v) is 6.53. The lowest BCUT2D eigenvalue weighted by atomic mass is 10.0. The van der Waals surface area contributed by atoms with Crippen LogP contribution in [0.15, 0.2) is 35.1 Å². The average Bonchev–Trinajstić information content (AvgIpc) is 2.37. The monoisotopic (exact) mass is 320 g/mol. The molecule has 1 aromatic carbocycles. The van der Waals surface area contributed by atoms with Crippen molar-refractivity contribution < 1.29 is 9.53 Å². The number of aryl methyl sites for hydroxylation is 1. The van der Waals surface area contributed by atoms with Crippen molar-refractivity contribution >= 4 is 21.7 Å². The van der Waals surface area contributed by atoms with E-state index < -0.39 is 0 Å². The Kier molecular flexibility index (Phi) is 4.27. The van der Waals surface area contributed by atoms with Gasteiger partial charge < -0.3 is 4.74 Å². The molecular weight excluding hydrogens is 308 g/mol. The number of carbonyl (C=O) groups excluding carboxylic acids is 1. The molecule has 0 aliphatic rings. The maximum absolute atomic E-state index is 12.2. The minimum Gasteiger partial charge on any atom is -0.481 e. The van der Waals surface area contributed by atoms with Gasteiger partial charge in [-0.15, -0.1) is 0 Å². The van der Waals surface area contributed by atoms with Gasteiger partial charge in [0.05, 0.1) is 19.2 Å². The fourth-order valence-electron chi connectivity index (χ4n) is 1.75. The molecule has 0 saturated carbocycles. The number of ether oxygens (including phenoxy) is 1. The zero-order chi connectivity index (χ0) is 13.8. The van der Waals surface area contributed by atoms with E-state index in [-0.39, 0.29) is 12.2 Å². The zero-order valence-electron chi connectivity index (χ0n) is 10.7. The molecule has 98 valence electrons. The Labute approximate surface area is 120 Å². The van der Waals surface area contributed by atoms with Crippen LogP contribution in [0.25, 0.3) is 0 Å². The van der Waals surface area contributed by atoms with E-state index in [1.165, 1.54) is 13.4 Å². The number of rotatable bonds is 4. The number of hydrogen-bond donors (Lipinski definition) is 0. The molecule has 5 heteroatoms. The molecule has 1 heterocycles. The first kappa shape index (κ1) is 13.7. The molecule has 0 radical (unpaired) electrons. The van der Waals surface area contributed by atoms with Gasteiger partial charge in [0.2, 0.25) is 5.88 Å². The van der Waals surface area contributed by atoms with Crippen LogP contribution in [0, 0.1) is 6.92 Å². The minimum atomic E-state index is 0.0187. The van der Waals surface area contributed by atoms with Gasteiger partial charge in [-0.05, 0) is 30.7 Å². The van der Waals surface area contributed by atoms with Gasteiger partial charge in [0.25, 0.3) is 0 Å². The van der Waals surface area contributed by atoms with E-state index in [9.17, 15) is 4.79 Å². The first-order chi connectivity index (χ1) is 9.08. The summed E-state index contributed by atoms with van der Waals surface area (Å²) in [6.07, 6.45) is 1.63. The maximum atomic E-state index is 12.2. The van der Waals surface area contributed by atoms with Crippen LogP contribution in [0.3, 0.4) is 0 Å². The molecule has 0 aliphatic heterocycles. The van der Waals surface area contributed by atoms with Crippen molar-refractivity contribution in [1.82, 2.24) is 9.97 Å². The molecule has 0 fully saturated rings. The van der Waals surface area contributed by atoms with E-state index in [0.717, 1.165) is 10.0 Å². The number of carbonyl (C=O) groups is 1. The first-order valence-electron chi connectivity index (χ1n) is 5.74. The number of halogens is 1. The van der Waals surface area contributed by atoms with Crippen molar-refractivity contribution in [2.45, 2.75) is 13.3 Å². The van der Waals surface area contributed by atoms with E-state index in [1.54, 1.807) is 6.07 Å². The SMILES string of the molecule is COc1cc(CC(=O)c2cc(C)cc(Br)c2)ncn1. The van der Waals surface area contributed by atoms with E-state index >= 15 is 0 Å². The molecule has 19 heavy (non-hydrogen) atoms. The summed E-state index contributed by atoms with van der Waals surface area (Å²) < 4.78 is 5.91. The zero-order valence-corrected chi connectivity index (χ0v) is 12.3. The van der Waals surface area contributed by atoms with Gasteiger partial charge in [0.15, 0.2) is 5.78 Å². The molecule has 0 atom stereocenters. The summed E-state index contributed by atoms with van der Waals surface area (Å²) >= 11 is 3.39. The van der Waals surface area contributed by atoms with Crippen molar-refractivity contribution in [2.75, 3.05) is 7.11 Å². The van der Waals surface area contributed by atoms with Crippen LogP contribution in [0.4, 0.5) is 0 Å². The number of hydrogen-bond acceptors (Lipinski definition) is 4. The average molecular weight is 321 g/mol. The van der Waals surface area contributed by atoms with Crippen LogP contribution < -0.4 is 4.74 Å². The smallest absolute Gasteiger partial charge is 0.216 e. The number of aromatic nitrogens is 2. The van der Waals surface area contributed by atoms with Crippen molar-refractivity contribution in [2.24, 2.45) is 0 Å². The number of Topliss-reactive ketones (excluding diaryl/α,β-unsaturated/α-hetero) is 1. The van der Waals surface area contributed by atoms with Gasteiger partial charge in [-0.1, -0.05) is 15.9 Å². The largest absolute Gasteiger partial charge is 0.481 e. The van der Waals surface area contributed by atoms with Gasteiger partial charge in [-0.25, -0.2) is 9.97 Å². The van der Waals surface area contributed by atoms with Crippen molar-refractivity contribution in [3.8, 4) is 5.88 Å². The predicted octanol–water partition coefficient (Wildman–Crippen LogP) is 2.98. The number of benzene rings is 1. The summed E-state index contributed by atoms with van der Waals surface area (Å²) in [5.41, 5.74) is 2.36. The van der Waals surface area contributed by atoms with Crippen LogP contribution in [0.2, 0.25) is 0 Å². The van der Waals surface area contributed by atoms with Crippen LogP contribution in [-0.2, 0) is 6.42 Å². The molecule has 0 spiro atoms. The van der Waals surface area contributed by atoms with Gasteiger partial charge in [-0.2, -0.15) is 0 Å². The van der Waals surface area contributed by atoms with E-state index in [1.807, 2.05) is 25.1 Å². The topological polar surface area (TPSA) is 52.1 Å². The van der Waals surface area contributed by atoms with Crippen LogP contribution in [0.5, 0.6) is 5.88 Å². The Bertz CT molecular complexity index is 594. The Morgan fingerprint density at radius 3 is 2.74 bits per heavy atom. The summed E-state index contributed by atoms with van der Waals surface area (Å²) in [4.78, 5) is 20.2. The molecule has 2 rings (SSSR count). The van der Waals surface area contributed by atoms with Crippen LogP contribution >= 0.6 is 15.9 Å². The highest BCUT2D eigenvalue weighted by atomic mass is 79.9. The number of nitrogens with zero attached hydrogens (tertiary/aromatic N) is 2. The Morgan fingerprint density at radius 1 is 1.26 bits per heavy atom. The third-order valence-corrected chi connectivity index (χ3v) is 3.07. The summed E-state index contributed by atoms with van der Waals surface area (Å²) in [6.45, 7) is 1.95. The predicted molar refractivity (Wildman–Crippen MR) is 75.5 cm³/mol. The molecule has 0 saturated heterocycles.